The molecule has 0 aliphatic heterocycles. The summed E-state index contributed by atoms with van der Waals surface area (Å²) in [5, 5.41) is 15.1. The summed E-state index contributed by atoms with van der Waals surface area (Å²) < 4.78 is 5.69. The molecule has 0 atom stereocenters. The van der Waals surface area contributed by atoms with Gasteiger partial charge in [-0.3, -0.25) is 0 Å². The van der Waals surface area contributed by atoms with E-state index in [1.807, 2.05) is 48.5 Å². The molecule has 0 amide bonds. The summed E-state index contributed by atoms with van der Waals surface area (Å²) >= 11 is 12.6. The largest absolute Gasteiger partial charge is 0.508 e. The molecule has 128 valence electrons. The highest BCUT2D eigenvalue weighted by atomic mass is 35.5. The highest BCUT2D eigenvalue weighted by molar-refractivity contribution is 6.33. The number of hydrogen-bond donors (Lipinski definition) is 1. The first kappa shape index (κ1) is 16.7. The van der Waals surface area contributed by atoms with E-state index in [0.29, 0.717) is 21.5 Å². The Bertz CT molecular complexity index is 1070. The van der Waals surface area contributed by atoms with Gasteiger partial charge in [-0.25, -0.2) is 0 Å². The van der Waals surface area contributed by atoms with E-state index in [4.69, 9.17) is 27.7 Å². The number of hydrogen-bond acceptors (Lipinski definition) is 3. The van der Waals surface area contributed by atoms with Crippen molar-refractivity contribution in [1.82, 2.24) is 5.16 Å². The SMILES string of the molecule is Oc1ccc(-c2onc(-c3ccccc3Cl)c2-c2cccc(Cl)c2)cc1. The van der Waals surface area contributed by atoms with E-state index >= 15 is 0 Å². The van der Waals surface area contributed by atoms with Crippen LogP contribution in [0.2, 0.25) is 10.0 Å². The minimum absolute atomic E-state index is 0.184. The summed E-state index contributed by atoms with van der Waals surface area (Å²) in [6, 6.07) is 21.7. The standard InChI is InChI=1S/C21H13Cl2NO2/c22-15-5-3-4-14(12-15)19-20(17-6-1-2-7-18(17)23)24-26-21(19)13-8-10-16(25)11-9-13/h1-12,25H. The van der Waals surface area contributed by atoms with E-state index in [2.05, 4.69) is 5.16 Å². The van der Waals surface area contributed by atoms with Gasteiger partial charge >= 0.3 is 0 Å². The summed E-state index contributed by atoms with van der Waals surface area (Å²) in [4.78, 5) is 0. The number of halogens is 2. The zero-order chi connectivity index (χ0) is 18.1. The molecule has 0 radical (unpaired) electrons. The lowest BCUT2D eigenvalue weighted by molar-refractivity contribution is 0.435. The van der Waals surface area contributed by atoms with Crippen molar-refractivity contribution in [1.29, 1.82) is 0 Å². The molecule has 0 aliphatic rings. The predicted molar refractivity (Wildman–Crippen MR) is 104 cm³/mol. The third kappa shape index (κ3) is 3.07. The number of aromatic nitrogens is 1. The summed E-state index contributed by atoms with van der Waals surface area (Å²) in [5.74, 6) is 0.770. The van der Waals surface area contributed by atoms with Crippen molar-refractivity contribution < 1.29 is 9.63 Å². The lowest BCUT2D eigenvalue weighted by Crippen LogP contribution is -1.86. The van der Waals surface area contributed by atoms with Gasteiger partial charge in [0.1, 0.15) is 11.4 Å². The molecule has 4 rings (SSSR count). The Kier molecular flexibility index (Phi) is 4.41. The lowest BCUT2D eigenvalue weighted by atomic mass is 9.96. The van der Waals surface area contributed by atoms with Crippen molar-refractivity contribution in [3.05, 3.63) is 82.8 Å². The molecule has 0 fully saturated rings. The summed E-state index contributed by atoms with van der Waals surface area (Å²) in [7, 11) is 0. The fourth-order valence-corrected chi connectivity index (χ4v) is 3.26. The maximum Gasteiger partial charge on any atom is 0.175 e. The second-order valence-electron chi connectivity index (χ2n) is 5.77. The van der Waals surface area contributed by atoms with Crippen LogP contribution in [0.3, 0.4) is 0 Å². The molecule has 3 nitrogen and oxygen atoms in total. The van der Waals surface area contributed by atoms with Gasteiger partial charge < -0.3 is 9.63 Å². The summed E-state index contributed by atoms with van der Waals surface area (Å²) in [6.45, 7) is 0. The van der Waals surface area contributed by atoms with Crippen molar-refractivity contribution in [3.8, 4) is 39.5 Å². The molecular weight excluding hydrogens is 369 g/mol. The molecule has 3 aromatic carbocycles. The highest BCUT2D eigenvalue weighted by Gasteiger charge is 2.22. The maximum absolute atomic E-state index is 9.56. The third-order valence-corrected chi connectivity index (χ3v) is 4.63. The Morgan fingerprint density at radius 3 is 2.31 bits per heavy atom. The van der Waals surface area contributed by atoms with Gasteiger partial charge in [-0.1, -0.05) is 58.7 Å². The van der Waals surface area contributed by atoms with Crippen LogP contribution in [0.1, 0.15) is 0 Å². The Hall–Kier alpha value is -2.75. The zero-order valence-electron chi connectivity index (χ0n) is 13.5. The molecule has 1 heterocycles. The molecule has 0 bridgehead atoms. The second kappa shape index (κ2) is 6.87. The van der Waals surface area contributed by atoms with Crippen LogP contribution in [0.25, 0.3) is 33.7 Å². The topological polar surface area (TPSA) is 46.3 Å². The molecule has 26 heavy (non-hydrogen) atoms. The second-order valence-corrected chi connectivity index (χ2v) is 6.62. The number of phenolic OH excluding ortho intramolecular Hbond substituents is 1. The van der Waals surface area contributed by atoms with Gasteiger partial charge in [-0.2, -0.15) is 0 Å². The van der Waals surface area contributed by atoms with Crippen molar-refractivity contribution in [3.63, 3.8) is 0 Å². The maximum atomic E-state index is 9.56. The first-order chi connectivity index (χ1) is 12.6. The van der Waals surface area contributed by atoms with E-state index in [1.54, 1.807) is 24.3 Å². The average molecular weight is 382 g/mol. The average Bonchev–Trinajstić information content (AvgIpc) is 3.07. The van der Waals surface area contributed by atoms with Gasteiger partial charge in [0.25, 0.3) is 0 Å². The Balaban J connectivity index is 1.99. The molecule has 0 unspecified atom stereocenters. The van der Waals surface area contributed by atoms with Gasteiger partial charge in [0.15, 0.2) is 5.76 Å². The molecule has 4 aromatic rings. The van der Waals surface area contributed by atoms with Crippen LogP contribution in [0.5, 0.6) is 5.75 Å². The fraction of sp³-hybridized carbons (Fsp3) is 0. The van der Waals surface area contributed by atoms with Gasteiger partial charge in [-0.05, 0) is 48.0 Å². The number of aromatic hydroxyl groups is 1. The Morgan fingerprint density at radius 1 is 0.808 bits per heavy atom. The Morgan fingerprint density at radius 2 is 1.58 bits per heavy atom. The minimum atomic E-state index is 0.184. The van der Waals surface area contributed by atoms with Crippen molar-refractivity contribution in [2.75, 3.05) is 0 Å². The van der Waals surface area contributed by atoms with Crippen molar-refractivity contribution in [2.45, 2.75) is 0 Å². The predicted octanol–water partition coefficient (Wildman–Crippen LogP) is 6.69. The molecule has 0 aliphatic carbocycles. The molecule has 5 heteroatoms. The normalized spacial score (nSPS) is 10.8. The van der Waals surface area contributed by atoms with E-state index in [1.165, 1.54) is 0 Å². The van der Waals surface area contributed by atoms with E-state index in [-0.39, 0.29) is 5.75 Å². The monoisotopic (exact) mass is 381 g/mol. The molecular formula is C21H13Cl2NO2. The fourth-order valence-electron chi connectivity index (χ4n) is 2.85. The van der Waals surface area contributed by atoms with Crippen LogP contribution in [-0.4, -0.2) is 10.3 Å². The van der Waals surface area contributed by atoms with E-state index in [9.17, 15) is 5.11 Å². The van der Waals surface area contributed by atoms with Gasteiger partial charge in [0.05, 0.1) is 10.6 Å². The zero-order valence-corrected chi connectivity index (χ0v) is 15.0. The van der Waals surface area contributed by atoms with Crippen LogP contribution in [-0.2, 0) is 0 Å². The van der Waals surface area contributed by atoms with Crippen LogP contribution in [0, 0.1) is 0 Å². The van der Waals surface area contributed by atoms with Crippen molar-refractivity contribution in [2.24, 2.45) is 0 Å². The van der Waals surface area contributed by atoms with Gasteiger partial charge in [0.2, 0.25) is 0 Å². The quantitative estimate of drug-likeness (QED) is 0.429. The Labute approximate surface area is 160 Å². The van der Waals surface area contributed by atoms with Crippen molar-refractivity contribution >= 4 is 23.2 Å². The van der Waals surface area contributed by atoms with Crippen LogP contribution in [0.4, 0.5) is 0 Å². The van der Waals surface area contributed by atoms with Crippen LogP contribution in [0.15, 0.2) is 77.3 Å². The molecule has 0 saturated heterocycles. The van der Waals surface area contributed by atoms with E-state index in [0.717, 1.165) is 22.3 Å². The summed E-state index contributed by atoms with van der Waals surface area (Å²) in [6.07, 6.45) is 0. The first-order valence-electron chi connectivity index (χ1n) is 7.93. The van der Waals surface area contributed by atoms with Gasteiger partial charge in [0, 0.05) is 16.1 Å². The molecule has 0 saturated carbocycles. The third-order valence-electron chi connectivity index (χ3n) is 4.06. The number of phenols is 1. The van der Waals surface area contributed by atoms with E-state index < -0.39 is 0 Å². The molecule has 1 aromatic heterocycles. The van der Waals surface area contributed by atoms with Crippen LogP contribution >= 0.6 is 23.2 Å². The van der Waals surface area contributed by atoms with Crippen LogP contribution < -0.4 is 0 Å². The first-order valence-corrected chi connectivity index (χ1v) is 8.69. The lowest BCUT2D eigenvalue weighted by Gasteiger charge is -2.07. The number of benzene rings is 3. The molecule has 1 N–H and O–H groups in total. The van der Waals surface area contributed by atoms with Gasteiger partial charge in [-0.15, -0.1) is 0 Å². The molecule has 0 spiro atoms. The minimum Gasteiger partial charge on any atom is -0.508 e. The number of nitrogens with zero attached hydrogens (tertiary/aromatic N) is 1. The summed E-state index contributed by atoms with van der Waals surface area (Å²) in [5.41, 5.74) is 3.88. The number of rotatable bonds is 3. The highest BCUT2D eigenvalue weighted by Crippen LogP contribution is 2.42. The smallest absolute Gasteiger partial charge is 0.175 e.